The highest BCUT2D eigenvalue weighted by molar-refractivity contribution is 6.58. The van der Waals surface area contributed by atoms with E-state index in [4.69, 9.17) is 7.85 Å². The van der Waals surface area contributed by atoms with Gasteiger partial charge in [0.1, 0.15) is 0 Å². The van der Waals surface area contributed by atoms with Crippen LogP contribution in [-0.4, -0.2) is 25.3 Å². The molecule has 1 heterocycles. The van der Waals surface area contributed by atoms with Gasteiger partial charge in [-0.05, 0) is 34.9 Å². The molecule has 150 valence electrons. The topological polar surface area (TPSA) is 54.5 Å². The average molecular weight is 381 g/mol. The van der Waals surface area contributed by atoms with Gasteiger partial charge in [-0.3, -0.25) is 14.5 Å². The van der Waals surface area contributed by atoms with Crippen molar-refractivity contribution in [1.29, 1.82) is 0 Å². The third-order valence-corrected chi connectivity index (χ3v) is 6.46. The first-order valence-corrected chi connectivity index (χ1v) is 10.0. The Bertz CT molecular complexity index is 778. The Morgan fingerprint density at radius 3 is 2.07 bits per heavy atom. The second kappa shape index (κ2) is 7.49. The first-order valence-electron chi connectivity index (χ1n) is 10.0. The largest absolute Gasteiger partial charge is 0.312 e. The minimum absolute atomic E-state index is 0.112. The summed E-state index contributed by atoms with van der Waals surface area (Å²) in [5.74, 6) is -0.533. The Balaban J connectivity index is 2.26. The summed E-state index contributed by atoms with van der Waals surface area (Å²) in [5.41, 5.74) is 0.220. The van der Waals surface area contributed by atoms with Crippen LogP contribution in [0, 0.1) is 16.7 Å². The Hall–Kier alpha value is -1.91. The molecule has 0 aliphatic carbocycles. The van der Waals surface area contributed by atoms with E-state index in [2.05, 4.69) is 13.8 Å². The van der Waals surface area contributed by atoms with E-state index in [1.807, 2.05) is 58.9 Å². The van der Waals surface area contributed by atoms with Gasteiger partial charge in [-0.1, -0.05) is 67.0 Å². The van der Waals surface area contributed by atoms with Crippen molar-refractivity contribution in [3.8, 4) is 0 Å². The molecule has 2 rings (SSSR count). The molecular weight excluding hydrogens is 349 g/mol. The molecular formula is C23H32BNO3. The minimum atomic E-state index is -0.623. The summed E-state index contributed by atoms with van der Waals surface area (Å²) < 4.78 is 0. The lowest BCUT2D eigenvalue weighted by Crippen LogP contribution is -2.35. The maximum atomic E-state index is 12.9. The molecule has 1 saturated heterocycles. The Morgan fingerprint density at radius 1 is 1.07 bits per heavy atom. The number of imide groups is 1. The van der Waals surface area contributed by atoms with Gasteiger partial charge in [0.25, 0.3) is 0 Å². The Labute approximate surface area is 170 Å². The van der Waals surface area contributed by atoms with Crippen LogP contribution in [0.25, 0.3) is 0 Å². The minimum Gasteiger partial charge on any atom is -0.312 e. The smallest absolute Gasteiger partial charge is 0.237 e. The molecule has 1 aromatic rings. The van der Waals surface area contributed by atoms with Gasteiger partial charge in [-0.25, -0.2) is 0 Å². The molecule has 0 saturated carbocycles. The van der Waals surface area contributed by atoms with E-state index in [0.29, 0.717) is 12.1 Å². The highest BCUT2D eigenvalue weighted by Gasteiger charge is 2.46. The predicted molar refractivity (Wildman–Crippen MR) is 113 cm³/mol. The number of carbonyl (C=O) groups excluding carboxylic acids is 3. The number of hydrogen-bond acceptors (Lipinski definition) is 3. The molecule has 0 bridgehead atoms. The predicted octanol–water partition coefficient (Wildman–Crippen LogP) is 4.39. The summed E-state index contributed by atoms with van der Waals surface area (Å²) in [6.45, 7) is 14.0. The van der Waals surface area contributed by atoms with Crippen LogP contribution in [0.15, 0.2) is 24.3 Å². The molecule has 2 amide bonds. The van der Waals surface area contributed by atoms with E-state index in [9.17, 15) is 14.4 Å². The van der Waals surface area contributed by atoms with Crippen molar-refractivity contribution in [1.82, 2.24) is 0 Å². The van der Waals surface area contributed by atoms with Gasteiger partial charge < -0.3 is 4.79 Å². The molecule has 0 aromatic heterocycles. The van der Waals surface area contributed by atoms with Crippen molar-refractivity contribution in [3.05, 3.63) is 29.8 Å². The van der Waals surface area contributed by atoms with Crippen LogP contribution in [0.4, 0.5) is 5.69 Å². The van der Waals surface area contributed by atoms with Gasteiger partial charge in [-0.2, -0.15) is 0 Å². The van der Waals surface area contributed by atoms with Gasteiger partial charge in [0.2, 0.25) is 11.8 Å². The van der Waals surface area contributed by atoms with E-state index in [1.165, 1.54) is 4.90 Å². The number of rotatable bonds is 7. The first kappa shape index (κ1) is 22.4. The number of benzene rings is 1. The highest BCUT2D eigenvalue weighted by atomic mass is 16.2. The number of anilines is 1. The Kier molecular flexibility index (Phi) is 5.99. The first-order chi connectivity index (χ1) is 12.7. The van der Waals surface area contributed by atoms with E-state index < -0.39 is 5.41 Å². The molecule has 1 aromatic carbocycles. The fourth-order valence-electron chi connectivity index (χ4n) is 4.12. The van der Waals surface area contributed by atoms with Gasteiger partial charge in [0, 0.05) is 11.8 Å². The lowest BCUT2D eigenvalue weighted by molar-refractivity contribution is -0.124. The zero-order chi connectivity index (χ0) is 21.5. The summed E-state index contributed by atoms with van der Waals surface area (Å²) in [4.78, 5) is 38.5. The summed E-state index contributed by atoms with van der Waals surface area (Å²) in [5, 5.41) is 0. The number of amides is 2. The maximum Gasteiger partial charge on any atom is 0.237 e. The van der Waals surface area contributed by atoms with Crippen LogP contribution in [0.3, 0.4) is 0 Å². The van der Waals surface area contributed by atoms with E-state index in [1.54, 1.807) is 0 Å². The fourth-order valence-corrected chi connectivity index (χ4v) is 4.12. The number of carbonyl (C=O) groups is 3. The van der Waals surface area contributed by atoms with E-state index >= 15 is 0 Å². The number of hydrogen-bond donors (Lipinski definition) is 0. The lowest BCUT2D eigenvalue weighted by Gasteiger charge is -2.34. The van der Waals surface area contributed by atoms with Gasteiger partial charge >= 0.3 is 0 Å². The van der Waals surface area contributed by atoms with E-state index in [0.717, 1.165) is 12.0 Å². The van der Waals surface area contributed by atoms with E-state index in [-0.39, 0.29) is 40.7 Å². The van der Waals surface area contributed by atoms with Crippen LogP contribution in [0.1, 0.15) is 73.3 Å². The molecule has 1 fully saturated rings. The summed E-state index contributed by atoms with van der Waals surface area (Å²) >= 11 is 0. The normalized spacial score (nSPS) is 18.7. The third-order valence-electron chi connectivity index (χ3n) is 6.46. The van der Waals surface area contributed by atoms with Crippen molar-refractivity contribution in [2.24, 2.45) is 16.7 Å². The standard InChI is InChI=1S/C23H32BNO3/c1-8-21(2,3)17-13-18(26)25(19(17)27)16-11-9-15(10-12-16)22(4,5)14-23(6,7)20(24)28/h9-12,17H,8,13-14H2,1-7H3. The van der Waals surface area contributed by atoms with Crippen molar-refractivity contribution >= 4 is 31.0 Å². The summed E-state index contributed by atoms with van der Waals surface area (Å²) in [6, 6.07) is 7.52. The van der Waals surface area contributed by atoms with Crippen molar-refractivity contribution in [3.63, 3.8) is 0 Å². The molecule has 2 radical (unpaired) electrons. The quantitative estimate of drug-likeness (QED) is 0.520. The summed E-state index contributed by atoms with van der Waals surface area (Å²) in [7, 11) is 5.53. The molecule has 1 unspecified atom stereocenters. The van der Waals surface area contributed by atoms with Gasteiger partial charge in [-0.15, -0.1) is 0 Å². The zero-order valence-electron chi connectivity index (χ0n) is 18.3. The van der Waals surface area contributed by atoms with Crippen LogP contribution < -0.4 is 4.90 Å². The van der Waals surface area contributed by atoms with Crippen LogP contribution >= 0.6 is 0 Å². The molecule has 1 aliphatic heterocycles. The highest BCUT2D eigenvalue weighted by Crippen LogP contribution is 2.41. The number of nitrogens with zero attached hydrogens (tertiary/aromatic N) is 1. The second-order valence-corrected chi connectivity index (χ2v) is 10.0. The van der Waals surface area contributed by atoms with Crippen LogP contribution in [0.5, 0.6) is 0 Å². The molecule has 4 nitrogen and oxygen atoms in total. The Morgan fingerprint density at radius 2 is 1.61 bits per heavy atom. The molecule has 0 spiro atoms. The molecule has 1 atom stereocenters. The fraction of sp³-hybridized carbons (Fsp3) is 0.609. The van der Waals surface area contributed by atoms with Gasteiger partial charge in [0.15, 0.2) is 7.85 Å². The zero-order valence-corrected chi connectivity index (χ0v) is 18.3. The SMILES string of the molecule is [B]C(=O)C(C)(C)CC(C)(C)c1ccc(N2C(=O)CC(C(C)(C)CC)C2=O)cc1. The molecule has 1 aliphatic rings. The second-order valence-electron chi connectivity index (χ2n) is 10.0. The lowest BCUT2D eigenvalue weighted by atomic mass is 9.66. The van der Waals surface area contributed by atoms with Crippen LogP contribution in [-0.2, 0) is 19.8 Å². The van der Waals surface area contributed by atoms with Crippen LogP contribution in [0.2, 0.25) is 0 Å². The van der Waals surface area contributed by atoms with Crippen molar-refractivity contribution in [2.45, 2.75) is 73.1 Å². The monoisotopic (exact) mass is 381 g/mol. The molecule has 5 heteroatoms. The third kappa shape index (κ3) is 4.23. The van der Waals surface area contributed by atoms with Crippen molar-refractivity contribution < 1.29 is 14.4 Å². The average Bonchev–Trinajstić information content (AvgIpc) is 2.89. The summed E-state index contributed by atoms with van der Waals surface area (Å²) in [6.07, 6.45) is 1.70. The maximum absolute atomic E-state index is 12.9. The van der Waals surface area contributed by atoms with Crippen molar-refractivity contribution in [2.75, 3.05) is 4.90 Å². The molecule has 0 N–H and O–H groups in total. The molecule has 28 heavy (non-hydrogen) atoms. The van der Waals surface area contributed by atoms with Gasteiger partial charge in [0.05, 0.1) is 17.3 Å².